The fraction of sp³-hybridized carbons (Fsp3) is 0.316. The summed E-state index contributed by atoms with van der Waals surface area (Å²) < 4.78 is 0. The third-order valence-corrected chi connectivity index (χ3v) is 5.23. The molecule has 142 valence electrons. The number of carbonyl (C=O) groups excluding carboxylic acids is 1. The Hall–Kier alpha value is -2.15. The van der Waals surface area contributed by atoms with Gasteiger partial charge in [0, 0.05) is 42.8 Å². The van der Waals surface area contributed by atoms with Crippen molar-refractivity contribution in [3.63, 3.8) is 0 Å². The maximum atomic E-state index is 12.5. The van der Waals surface area contributed by atoms with Gasteiger partial charge in [-0.3, -0.25) is 19.8 Å². The lowest BCUT2D eigenvalue weighted by molar-refractivity contribution is -0.384. The Morgan fingerprint density at radius 2 is 1.81 bits per heavy atom. The number of likely N-dealkylation sites (tertiary alicyclic amines) is 1. The number of nitro benzene ring substituents is 1. The third-order valence-electron chi connectivity index (χ3n) is 4.65. The molecular weight excluding hydrogens is 389 g/mol. The monoisotopic (exact) mass is 407 g/mol. The number of carbonyl (C=O) groups is 1. The summed E-state index contributed by atoms with van der Waals surface area (Å²) >= 11 is 11.9. The zero-order valence-corrected chi connectivity index (χ0v) is 16.0. The van der Waals surface area contributed by atoms with Crippen LogP contribution in [-0.4, -0.2) is 34.9 Å². The summed E-state index contributed by atoms with van der Waals surface area (Å²) in [7, 11) is 0. The van der Waals surface area contributed by atoms with E-state index in [0.717, 1.165) is 37.5 Å². The lowest BCUT2D eigenvalue weighted by atomic mass is 10.0. The van der Waals surface area contributed by atoms with Crippen LogP contribution in [0.1, 0.15) is 28.8 Å². The van der Waals surface area contributed by atoms with Gasteiger partial charge in [-0.1, -0.05) is 35.3 Å². The van der Waals surface area contributed by atoms with Crippen LogP contribution >= 0.6 is 23.2 Å². The van der Waals surface area contributed by atoms with Crippen molar-refractivity contribution < 1.29 is 9.72 Å². The van der Waals surface area contributed by atoms with Gasteiger partial charge in [0.15, 0.2) is 0 Å². The second kappa shape index (κ2) is 8.69. The Morgan fingerprint density at radius 1 is 1.15 bits per heavy atom. The van der Waals surface area contributed by atoms with Crippen molar-refractivity contribution in [3.05, 3.63) is 73.8 Å². The molecule has 6 nitrogen and oxygen atoms in total. The normalized spacial score (nSPS) is 15.5. The second-order valence-corrected chi connectivity index (χ2v) is 7.42. The summed E-state index contributed by atoms with van der Waals surface area (Å²) in [6, 6.07) is 11.7. The van der Waals surface area contributed by atoms with E-state index in [1.807, 2.05) is 24.3 Å². The maximum Gasteiger partial charge on any atom is 0.270 e. The van der Waals surface area contributed by atoms with Crippen LogP contribution in [0.2, 0.25) is 10.0 Å². The zero-order valence-electron chi connectivity index (χ0n) is 14.5. The van der Waals surface area contributed by atoms with Gasteiger partial charge in [0.2, 0.25) is 0 Å². The van der Waals surface area contributed by atoms with Gasteiger partial charge >= 0.3 is 0 Å². The first-order valence-corrected chi connectivity index (χ1v) is 9.39. The van der Waals surface area contributed by atoms with Crippen LogP contribution in [-0.2, 0) is 6.54 Å². The molecule has 1 amide bonds. The predicted molar refractivity (Wildman–Crippen MR) is 105 cm³/mol. The fourth-order valence-corrected chi connectivity index (χ4v) is 3.48. The van der Waals surface area contributed by atoms with Crippen LogP contribution in [0.15, 0.2) is 42.5 Å². The van der Waals surface area contributed by atoms with E-state index in [-0.39, 0.29) is 28.2 Å². The quantitative estimate of drug-likeness (QED) is 0.592. The number of nitrogens with one attached hydrogen (secondary N) is 1. The molecule has 0 bridgehead atoms. The minimum atomic E-state index is -0.539. The Labute approximate surface area is 167 Å². The Kier molecular flexibility index (Phi) is 6.31. The molecule has 1 heterocycles. The van der Waals surface area contributed by atoms with Gasteiger partial charge in [-0.15, -0.1) is 0 Å². The highest BCUT2D eigenvalue weighted by Gasteiger charge is 2.23. The minimum absolute atomic E-state index is 0.0225. The summed E-state index contributed by atoms with van der Waals surface area (Å²) in [4.78, 5) is 25.2. The summed E-state index contributed by atoms with van der Waals surface area (Å²) in [5.74, 6) is -0.375. The minimum Gasteiger partial charge on any atom is -0.349 e. The molecule has 0 atom stereocenters. The molecule has 1 aliphatic rings. The first kappa shape index (κ1) is 19.6. The largest absolute Gasteiger partial charge is 0.349 e. The van der Waals surface area contributed by atoms with E-state index in [1.165, 1.54) is 23.8 Å². The van der Waals surface area contributed by atoms with Gasteiger partial charge < -0.3 is 5.32 Å². The highest BCUT2D eigenvalue weighted by Crippen LogP contribution is 2.23. The van der Waals surface area contributed by atoms with E-state index in [0.29, 0.717) is 0 Å². The van der Waals surface area contributed by atoms with E-state index in [4.69, 9.17) is 23.2 Å². The highest BCUT2D eigenvalue weighted by molar-refractivity contribution is 6.34. The number of non-ortho nitro benzene ring substituents is 1. The molecule has 2 aromatic carbocycles. The number of hydrogen-bond acceptors (Lipinski definition) is 4. The predicted octanol–water partition coefficient (Wildman–Crippen LogP) is 4.30. The molecule has 8 heteroatoms. The number of piperidine rings is 1. The number of halogens is 2. The van der Waals surface area contributed by atoms with Crippen LogP contribution in [0.25, 0.3) is 0 Å². The number of nitrogens with zero attached hydrogens (tertiary/aromatic N) is 2. The number of amides is 1. The Balaban J connectivity index is 1.54. The summed E-state index contributed by atoms with van der Waals surface area (Å²) in [5.41, 5.74) is 1.18. The third kappa shape index (κ3) is 5.19. The number of hydrogen-bond donors (Lipinski definition) is 1. The van der Waals surface area contributed by atoms with E-state index in [9.17, 15) is 14.9 Å². The standard InChI is InChI=1S/C19H19Cl2N3O3/c20-14-3-1-13(2-4-14)12-23-9-7-15(8-10-23)22-19(25)17-11-16(24(26)27)5-6-18(17)21/h1-6,11,15H,7-10,12H2,(H,22,25). The number of nitro groups is 1. The van der Waals surface area contributed by atoms with Crippen molar-refractivity contribution in [1.82, 2.24) is 10.2 Å². The molecule has 1 saturated heterocycles. The molecule has 0 spiro atoms. The summed E-state index contributed by atoms with van der Waals surface area (Å²) in [6.45, 7) is 2.56. The van der Waals surface area contributed by atoms with Gasteiger partial charge in [-0.2, -0.15) is 0 Å². The smallest absolute Gasteiger partial charge is 0.270 e. The molecule has 0 unspecified atom stereocenters. The van der Waals surface area contributed by atoms with E-state index >= 15 is 0 Å². The topological polar surface area (TPSA) is 75.5 Å². The molecule has 1 N–H and O–H groups in total. The van der Waals surface area contributed by atoms with Crippen LogP contribution < -0.4 is 5.32 Å². The SMILES string of the molecule is O=C(NC1CCN(Cc2ccc(Cl)cc2)CC1)c1cc([N+](=O)[O-])ccc1Cl. The van der Waals surface area contributed by atoms with Crippen molar-refractivity contribution in [2.75, 3.05) is 13.1 Å². The van der Waals surface area contributed by atoms with Crippen molar-refractivity contribution in [1.29, 1.82) is 0 Å². The summed E-state index contributed by atoms with van der Waals surface area (Å²) in [6.07, 6.45) is 1.62. The molecule has 2 aromatic rings. The van der Waals surface area contributed by atoms with E-state index in [2.05, 4.69) is 10.2 Å². The average molecular weight is 408 g/mol. The van der Waals surface area contributed by atoms with Crippen molar-refractivity contribution in [3.8, 4) is 0 Å². The fourth-order valence-electron chi connectivity index (χ4n) is 3.15. The Bertz CT molecular complexity index is 835. The van der Waals surface area contributed by atoms with Crippen LogP contribution in [0.5, 0.6) is 0 Å². The van der Waals surface area contributed by atoms with Gasteiger partial charge in [0.25, 0.3) is 11.6 Å². The Morgan fingerprint density at radius 3 is 2.44 bits per heavy atom. The molecular formula is C19H19Cl2N3O3. The molecule has 0 radical (unpaired) electrons. The molecule has 0 aromatic heterocycles. The molecule has 0 saturated carbocycles. The van der Waals surface area contributed by atoms with Gasteiger partial charge in [-0.25, -0.2) is 0 Å². The number of benzene rings is 2. The van der Waals surface area contributed by atoms with E-state index < -0.39 is 4.92 Å². The van der Waals surface area contributed by atoms with Crippen LogP contribution in [0.4, 0.5) is 5.69 Å². The van der Waals surface area contributed by atoms with Gasteiger partial charge in [-0.05, 0) is 36.6 Å². The van der Waals surface area contributed by atoms with Crippen LogP contribution in [0, 0.1) is 10.1 Å². The molecule has 1 aliphatic heterocycles. The van der Waals surface area contributed by atoms with Gasteiger partial charge in [0.1, 0.15) is 0 Å². The molecule has 3 rings (SSSR count). The maximum absolute atomic E-state index is 12.5. The second-order valence-electron chi connectivity index (χ2n) is 6.57. The first-order valence-electron chi connectivity index (χ1n) is 8.64. The molecule has 27 heavy (non-hydrogen) atoms. The average Bonchev–Trinajstić information content (AvgIpc) is 2.65. The molecule has 1 fully saturated rings. The lowest BCUT2D eigenvalue weighted by Gasteiger charge is -2.32. The van der Waals surface area contributed by atoms with Crippen molar-refractivity contribution >= 4 is 34.8 Å². The zero-order chi connectivity index (χ0) is 19.4. The van der Waals surface area contributed by atoms with Crippen molar-refractivity contribution in [2.24, 2.45) is 0 Å². The molecule has 0 aliphatic carbocycles. The highest BCUT2D eigenvalue weighted by atomic mass is 35.5. The lowest BCUT2D eigenvalue weighted by Crippen LogP contribution is -2.44. The summed E-state index contributed by atoms with van der Waals surface area (Å²) in [5, 5.41) is 14.8. The number of rotatable bonds is 5. The van der Waals surface area contributed by atoms with Crippen molar-refractivity contribution in [2.45, 2.75) is 25.4 Å². The van der Waals surface area contributed by atoms with Crippen LogP contribution in [0.3, 0.4) is 0 Å². The van der Waals surface area contributed by atoms with Gasteiger partial charge in [0.05, 0.1) is 15.5 Å². The van der Waals surface area contributed by atoms with E-state index in [1.54, 1.807) is 0 Å². The first-order chi connectivity index (χ1) is 12.9.